The average Bonchev–Trinajstić information content (AvgIpc) is 2.89. The van der Waals surface area contributed by atoms with Crippen molar-refractivity contribution in [3.05, 3.63) is 29.8 Å². The van der Waals surface area contributed by atoms with E-state index in [2.05, 4.69) is 5.32 Å². The number of benzene rings is 1. The van der Waals surface area contributed by atoms with E-state index >= 15 is 0 Å². The van der Waals surface area contributed by atoms with Crippen LogP contribution in [0.2, 0.25) is 0 Å². The lowest BCUT2D eigenvalue weighted by molar-refractivity contribution is -0.145. The van der Waals surface area contributed by atoms with E-state index in [1.165, 1.54) is 4.90 Å². The molecule has 8 heteroatoms. The Labute approximate surface area is 157 Å². The maximum atomic E-state index is 12.4. The van der Waals surface area contributed by atoms with E-state index in [1.807, 2.05) is 24.5 Å². The maximum Gasteiger partial charge on any atom is 0.410 e. The number of nitrogens with one attached hydrogen (secondary N) is 1. The van der Waals surface area contributed by atoms with Crippen LogP contribution in [0.3, 0.4) is 0 Å². The van der Waals surface area contributed by atoms with Crippen LogP contribution in [0.15, 0.2) is 24.3 Å². The molecule has 26 heavy (non-hydrogen) atoms. The lowest BCUT2D eigenvalue weighted by Crippen LogP contribution is -2.51. The van der Waals surface area contributed by atoms with Crippen LogP contribution in [0.5, 0.6) is 0 Å². The van der Waals surface area contributed by atoms with Crippen molar-refractivity contribution in [3.8, 4) is 0 Å². The minimum absolute atomic E-state index is 0.326. The van der Waals surface area contributed by atoms with E-state index in [-0.39, 0.29) is 6.09 Å². The van der Waals surface area contributed by atoms with Gasteiger partial charge in [0.15, 0.2) is 0 Å². The topological polar surface area (TPSA) is 79.0 Å². The zero-order chi connectivity index (χ0) is 18.7. The van der Waals surface area contributed by atoms with E-state index in [0.717, 1.165) is 11.3 Å². The van der Waals surface area contributed by atoms with Crippen molar-refractivity contribution in [3.63, 3.8) is 0 Å². The molecule has 2 aliphatic heterocycles. The molecular weight excluding hydrogens is 354 g/mol. The van der Waals surface area contributed by atoms with Crippen molar-refractivity contribution in [1.29, 1.82) is 0 Å². The molecule has 2 aliphatic rings. The molecule has 2 heterocycles. The number of rotatable bonds is 3. The summed E-state index contributed by atoms with van der Waals surface area (Å²) in [6.45, 7) is 1.34. The molecule has 1 N–H and O–H groups in total. The first kappa shape index (κ1) is 18.6. The molecule has 0 saturated carbocycles. The predicted octanol–water partition coefficient (Wildman–Crippen LogP) is 1.93. The highest BCUT2D eigenvalue weighted by Gasteiger charge is 2.46. The Hall–Kier alpha value is -2.22. The molecule has 2 fully saturated rings. The number of thioether (sulfide) groups is 1. The summed E-state index contributed by atoms with van der Waals surface area (Å²) in [4.78, 5) is 39.4. The highest BCUT2D eigenvalue weighted by molar-refractivity contribution is 7.97. The molecule has 0 atom stereocenters. The van der Waals surface area contributed by atoms with Gasteiger partial charge in [-0.15, -0.1) is 0 Å². The quantitative estimate of drug-likeness (QED) is 0.815. The molecule has 0 aliphatic carbocycles. The summed E-state index contributed by atoms with van der Waals surface area (Å²) < 4.78 is 5.47. The van der Waals surface area contributed by atoms with E-state index in [0.29, 0.717) is 38.2 Å². The molecule has 3 amide bonds. The number of hydrogen-bond donors (Lipinski definition) is 1. The fraction of sp³-hybridized carbons (Fsp3) is 0.500. The smallest absolute Gasteiger partial charge is 0.410 e. The molecule has 1 spiro atoms. The average molecular weight is 377 g/mol. The first-order valence-corrected chi connectivity index (χ1v) is 9.94. The van der Waals surface area contributed by atoms with Crippen molar-refractivity contribution in [2.75, 3.05) is 38.3 Å². The number of ether oxygens (including phenoxy) is 1. The number of anilines is 1. The second kappa shape index (κ2) is 7.57. The summed E-state index contributed by atoms with van der Waals surface area (Å²) >= 11 is 1.69. The van der Waals surface area contributed by atoms with Crippen LogP contribution in [0, 0.1) is 0 Å². The summed E-state index contributed by atoms with van der Waals surface area (Å²) in [6.07, 6.45) is 2.78. The molecule has 2 saturated heterocycles. The van der Waals surface area contributed by atoms with Gasteiger partial charge in [0.2, 0.25) is 0 Å². The molecule has 140 valence electrons. The van der Waals surface area contributed by atoms with Crippen molar-refractivity contribution in [2.24, 2.45) is 0 Å². The van der Waals surface area contributed by atoms with Crippen LogP contribution >= 0.6 is 11.8 Å². The van der Waals surface area contributed by atoms with E-state index < -0.39 is 17.4 Å². The van der Waals surface area contributed by atoms with Crippen LogP contribution < -0.4 is 5.32 Å². The van der Waals surface area contributed by atoms with Crippen LogP contribution in [0.4, 0.5) is 10.5 Å². The number of carbonyl (C=O) groups is 3. The van der Waals surface area contributed by atoms with Crippen LogP contribution in [0.25, 0.3) is 0 Å². The van der Waals surface area contributed by atoms with Gasteiger partial charge in [-0.3, -0.25) is 9.59 Å². The van der Waals surface area contributed by atoms with E-state index in [4.69, 9.17) is 4.74 Å². The fourth-order valence-electron chi connectivity index (χ4n) is 3.40. The van der Waals surface area contributed by atoms with Gasteiger partial charge in [0.05, 0.1) is 6.54 Å². The molecule has 1 aromatic rings. The van der Waals surface area contributed by atoms with Gasteiger partial charge in [0, 0.05) is 44.4 Å². The zero-order valence-corrected chi connectivity index (χ0v) is 15.8. The lowest BCUT2D eigenvalue weighted by atomic mass is 9.91. The van der Waals surface area contributed by atoms with Crippen LogP contribution in [-0.4, -0.2) is 66.2 Å². The lowest BCUT2D eigenvalue weighted by Gasteiger charge is -2.36. The monoisotopic (exact) mass is 377 g/mol. The van der Waals surface area contributed by atoms with Gasteiger partial charge in [0.25, 0.3) is 0 Å². The number of piperidine rings is 1. The SMILES string of the molecule is CSCc1cccc(NC(=O)C(=O)N2CCC3(CC2)CN(C)C(=O)O3)c1. The Balaban J connectivity index is 1.56. The Morgan fingerprint density at radius 1 is 1.31 bits per heavy atom. The van der Waals surface area contributed by atoms with Crippen molar-refractivity contribution < 1.29 is 19.1 Å². The third-order valence-electron chi connectivity index (χ3n) is 4.79. The summed E-state index contributed by atoms with van der Waals surface area (Å²) in [7, 11) is 1.70. The molecule has 0 unspecified atom stereocenters. The van der Waals surface area contributed by atoms with Gasteiger partial charge in [0.1, 0.15) is 5.60 Å². The number of nitrogens with zero attached hydrogens (tertiary/aromatic N) is 2. The largest absolute Gasteiger partial charge is 0.441 e. The van der Waals surface area contributed by atoms with Crippen LogP contribution in [-0.2, 0) is 20.1 Å². The number of hydrogen-bond acceptors (Lipinski definition) is 5. The summed E-state index contributed by atoms with van der Waals surface area (Å²) in [5.74, 6) is -0.338. The number of carbonyl (C=O) groups excluding carboxylic acids is 3. The Morgan fingerprint density at radius 3 is 2.65 bits per heavy atom. The second-order valence-electron chi connectivity index (χ2n) is 6.79. The fourth-order valence-corrected chi connectivity index (χ4v) is 3.92. The van der Waals surface area contributed by atoms with Gasteiger partial charge in [-0.25, -0.2) is 4.79 Å². The minimum Gasteiger partial charge on any atom is -0.441 e. The molecule has 0 aromatic heterocycles. The Kier molecular flexibility index (Phi) is 5.41. The zero-order valence-electron chi connectivity index (χ0n) is 15.0. The number of amides is 3. The Bertz CT molecular complexity index is 716. The third kappa shape index (κ3) is 3.95. The summed E-state index contributed by atoms with van der Waals surface area (Å²) in [6, 6.07) is 7.49. The van der Waals surface area contributed by atoms with Crippen LogP contribution in [0.1, 0.15) is 18.4 Å². The van der Waals surface area contributed by atoms with Gasteiger partial charge in [-0.05, 0) is 24.0 Å². The third-order valence-corrected chi connectivity index (χ3v) is 5.41. The normalized spacial score (nSPS) is 18.8. The summed E-state index contributed by atoms with van der Waals surface area (Å²) in [5.41, 5.74) is 1.19. The maximum absolute atomic E-state index is 12.4. The summed E-state index contributed by atoms with van der Waals surface area (Å²) in [5, 5.41) is 2.68. The minimum atomic E-state index is -0.636. The number of likely N-dealkylation sites (tertiary alicyclic amines) is 1. The van der Waals surface area contributed by atoms with Gasteiger partial charge >= 0.3 is 17.9 Å². The van der Waals surface area contributed by atoms with Gasteiger partial charge in [-0.1, -0.05) is 12.1 Å². The van der Waals surface area contributed by atoms with Gasteiger partial charge in [-0.2, -0.15) is 11.8 Å². The van der Waals surface area contributed by atoms with E-state index in [1.54, 1.807) is 29.8 Å². The molecule has 3 rings (SSSR count). The first-order valence-electron chi connectivity index (χ1n) is 8.55. The standard InChI is InChI=1S/C18H23N3O4S/c1-20-12-18(25-17(20)24)6-8-21(9-7-18)16(23)15(22)19-14-5-3-4-13(10-14)11-26-2/h3-5,10H,6-9,11-12H2,1-2H3,(H,19,22). The van der Waals surface area contributed by atoms with Gasteiger partial charge < -0.3 is 19.9 Å². The van der Waals surface area contributed by atoms with E-state index in [9.17, 15) is 14.4 Å². The highest BCUT2D eigenvalue weighted by atomic mass is 32.2. The molecule has 0 bridgehead atoms. The van der Waals surface area contributed by atoms with Crippen molar-refractivity contribution >= 4 is 35.4 Å². The molecule has 1 aromatic carbocycles. The van der Waals surface area contributed by atoms with Crippen molar-refractivity contribution in [1.82, 2.24) is 9.80 Å². The molecule has 7 nitrogen and oxygen atoms in total. The Morgan fingerprint density at radius 2 is 2.04 bits per heavy atom. The number of likely N-dealkylation sites (N-methyl/N-ethyl adjacent to an activating group) is 1. The second-order valence-corrected chi connectivity index (χ2v) is 7.65. The predicted molar refractivity (Wildman–Crippen MR) is 99.9 cm³/mol. The molecular formula is C18H23N3O4S. The first-order chi connectivity index (χ1) is 12.4. The van der Waals surface area contributed by atoms with Crippen molar-refractivity contribution in [2.45, 2.75) is 24.2 Å². The highest BCUT2D eigenvalue weighted by Crippen LogP contribution is 2.32. The molecule has 0 radical (unpaired) electrons.